The first kappa shape index (κ1) is 17.1. The number of hydrogen-bond donors (Lipinski definition) is 1. The highest BCUT2D eigenvalue weighted by Crippen LogP contribution is 2.34. The van der Waals surface area contributed by atoms with Gasteiger partial charge < -0.3 is 10.0 Å². The topological polar surface area (TPSA) is 104 Å². The van der Waals surface area contributed by atoms with Gasteiger partial charge in [-0.25, -0.2) is 8.42 Å². The molecule has 0 unspecified atom stereocenters. The van der Waals surface area contributed by atoms with Crippen LogP contribution in [0.4, 0.5) is 11.4 Å². The van der Waals surface area contributed by atoms with Crippen molar-refractivity contribution in [2.75, 3.05) is 31.1 Å². The predicted octanol–water partition coefficient (Wildman–Crippen LogP) is 1.34. The van der Waals surface area contributed by atoms with Crippen LogP contribution in [-0.4, -0.2) is 55.0 Å². The summed E-state index contributed by atoms with van der Waals surface area (Å²) in [6.45, 7) is 1.83. The highest BCUT2D eigenvalue weighted by molar-refractivity contribution is 7.89. The third-order valence-electron chi connectivity index (χ3n) is 4.58. The van der Waals surface area contributed by atoms with E-state index < -0.39 is 21.1 Å². The Bertz CT molecular complexity index is 731. The summed E-state index contributed by atoms with van der Waals surface area (Å²) < 4.78 is 26.6. The van der Waals surface area contributed by atoms with E-state index in [9.17, 15) is 23.6 Å². The average molecular weight is 355 g/mol. The van der Waals surface area contributed by atoms with E-state index in [1.807, 2.05) is 0 Å². The predicted molar refractivity (Wildman–Crippen MR) is 88.5 cm³/mol. The number of nitrogens with zero attached hydrogens (tertiary/aromatic N) is 3. The van der Waals surface area contributed by atoms with Crippen molar-refractivity contribution >= 4 is 21.4 Å². The summed E-state index contributed by atoms with van der Waals surface area (Å²) in [6, 6.07) is 4.06. The van der Waals surface area contributed by atoms with E-state index in [4.69, 9.17) is 0 Å². The Morgan fingerprint density at radius 3 is 2.50 bits per heavy atom. The molecule has 24 heavy (non-hydrogen) atoms. The molecule has 0 spiro atoms. The smallest absolute Gasteiger partial charge is 0.293 e. The van der Waals surface area contributed by atoms with E-state index in [0.29, 0.717) is 38.3 Å². The number of nitro benzene ring substituents is 1. The zero-order chi connectivity index (χ0) is 17.3. The van der Waals surface area contributed by atoms with Crippen molar-refractivity contribution in [1.82, 2.24) is 4.31 Å². The van der Waals surface area contributed by atoms with Crippen LogP contribution >= 0.6 is 0 Å². The Morgan fingerprint density at radius 1 is 1.17 bits per heavy atom. The number of anilines is 1. The molecule has 0 aromatic heterocycles. The van der Waals surface area contributed by atoms with Gasteiger partial charge in [0.25, 0.3) is 5.69 Å². The molecule has 3 rings (SSSR count). The number of β-amino-alcohol motifs (C(OH)–C–C–N with tert-alkyl or cyclic N) is 1. The van der Waals surface area contributed by atoms with Crippen molar-refractivity contribution in [2.45, 2.75) is 36.7 Å². The highest BCUT2D eigenvalue weighted by Gasteiger charge is 2.31. The summed E-state index contributed by atoms with van der Waals surface area (Å²) in [5.74, 6) is 0. The second-order valence-corrected chi connectivity index (χ2v) is 8.20. The van der Waals surface area contributed by atoms with Gasteiger partial charge in [-0.15, -0.1) is 0 Å². The number of aliphatic hydroxyl groups excluding tert-OH is 1. The van der Waals surface area contributed by atoms with Crippen LogP contribution in [0.2, 0.25) is 0 Å². The molecule has 2 fully saturated rings. The number of benzene rings is 1. The van der Waals surface area contributed by atoms with E-state index in [0.717, 1.165) is 25.3 Å². The maximum absolute atomic E-state index is 12.6. The second kappa shape index (κ2) is 6.66. The Balaban J connectivity index is 1.97. The average Bonchev–Trinajstić information content (AvgIpc) is 3.09. The molecule has 1 N–H and O–H groups in total. The van der Waals surface area contributed by atoms with Gasteiger partial charge in [-0.1, -0.05) is 0 Å². The molecule has 0 saturated carbocycles. The lowest BCUT2D eigenvalue weighted by Crippen LogP contribution is -2.38. The molecule has 1 atom stereocenters. The van der Waals surface area contributed by atoms with Crippen LogP contribution in [0.25, 0.3) is 0 Å². The van der Waals surface area contributed by atoms with Crippen LogP contribution in [0, 0.1) is 10.1 Å². The third-order valence-corrected chi connectivity index (χ3v) is 6.48. The van der Waals surface area contributed by atoms with Gasteiger partial charge in [0.2, 0.25) is 10.0 Å². The number of piperidine rings is 1. The Kier molecular flexibility index (Phi) is 4.75. The van der Waals surface area contributed by atoms with E-state index in [1.54, 1.807) is 4.90 Å². The molecule has 2 heterocycles. The maximum Gasteiger partial charge on any atom is 0.293 e. The molecule has 0 aliphatic carbocycles. The minimum Gasteiger partial charge on any atom is -0.391 e. The molecular formula is C15H21N3O5S. The first-order chi connectivity index (χ1) is 11.4. The van der Waals surface area contributed by atoms with E-state index >= 15 is 0 Å². The van der Waals surface area contributed by atoms with Crippen LogP contribution in [0.5, 0.6) is 0 Å². The molecule has 9 heteroatoms. The first-order valence-corrected chi connectivity index (χ1v) is 9.55. The number of hydrogen-bond acceptors (Lipinski definition) is 6. The molecule has 2 aliphatic rings. The molecule has 0 bridgehead atoms. The molecular weight excluding hydrogens is 334 g/mol. The minimum absolute atomic E-state index is 0.0441. The molecule has 0 radical (unpaired) electrons. The number of rotatable bonds is 4. The normalized spacial score (nSPS) is 22.7. The van der Waals surface area contributed by atoms with Crippen LogP contribution < -0.4 is 4.90 Å². The van der Waals surface area contributed by atoms with E-state index in [-0.39, 0.29) is 10.6 Å². The first-order valence-electron chi connectivity index (χ1n) is 8.11. The van der Waals surface area contributed by atoms with Gasteiger partial charge in [-0.3, -0.25) is 10.1 Å². The second-order valence-electron chi connectivity index (χ2n) is 6.26. The van der Waals surface area contributed by atoms with Gasteiger partial charge in [0.15, 0.2) is 0 Å². The fraction of sp³-hybridized carbons (Fsp3) is 0.600. The number of nitro groups is 1. The maximum atomic E-state index is 12.6. The molecule has 1 aromatic rings. The Labute approximate surface area is 140 Å². The summed E-state index contributed by atoms with van der Waals surface area (Å²) in [5, 5.41) is 21.2. The van der Waals surface area contributed by atoms with E-state index in [1.165, 1.54) is 16.4 Å². The van der Waals surface area contributed by atoms with E-state index in [2.05, 4.69) is 0 Å². The van der Waals surface area contributed by atoms with Gasteiger partial charge >= 0.3 is 0 Å². The lowest BCUT2D eigenvalue weighted by molar-refractivity contribution is -0.384. The van der Waals surface area contributed by atoms with Gasteiger partial charge in [0.05, 0.1) is 15.9 Å². The number of sulfonamides is 1. The zero-order valence-electron chi connectivity index (χ0n) is 13.3. The Morgan fingerprint density at radius 2 is 1.88 bits per heavy atom. The van der Waals surface area contributed by atoms with Crippen molar-refractivity contribution in [3.63, 3.8) is 0 Å². The van der Waals surface area contributed by atoms with Crippen molar-refractivity contribution in [1.29, 1.82) is 0 Å². The van der Waals surface area contributed by atoms with Crippen molar-refractivity contribution in [2.24, 2.45) is 0 Å². The molecule has 8 nitrogen and oxygen atoms in total. The summed E-state index contributed by atoms with van der Waals surface area (Å²) in [7, 11) is -3.69. The lowest BCUT2D eigenvalue weighted by Gasteiger charge is -2.31. The van der Waals surface area contributed by atoms with Crippen molar-refractivity contribution in [3.8, 4) is 0 Å². The van der Waals surface area contributed by atoms with Gasteiger partial charge in [0.1, 0.15) is 5.69 Å². The van der Waals surface area contributed by atoms with Gasteiger partial charge in [-0.05, 0) is 37.8 Å². The molecule has 2 aliphatic heterocycles. The van der Waals surface area contributed by atoms with Gasteiger partial charge in [0, 0.05) is 32.2 Å². The van der Waals surface area contributed by atoms with Crippen LogP contribution in [0.1, 0.15) is 25.7 Å². The monoisotopic (exact) mass is 355 g/mol. The van der Waals surface area contributed by atoms with Crippen molar-refractivity contribution < 1.29 is 18.4 Å². The molecule has 132 valence electrons. The zero-order valence-corrected chi connectivity index (χ0v) is 14.1. The summed E-state index contributed by atoms with van der Waals surface area (Å²) in [4.78, 5) is 12.6. The Hall–Kier alpha value is -1.71. The van der Waals surface area contributed by atoms with Gasteiger partial charge in [-0.2, -0.15) is 4.31 Å². The fourth-order valence-electron chi connectivity index (χ4n) is 3.33. The molecule has 1 aromatic carbocycles. The minimum atomic E-state index is -3.69. The van der Waals surface area contributed by atoms with Crippen LogP contribution in [-0.2, 0) is 10.0 Å². The molecule has 0 amide bonds. The third kappa shape index (κ3) is 3.24. The summed E-state index contributed by atoms with van der Waals surface area (Å²) in [6.07, 6.45) is 2.51. The largest absolute Gasteiger partial charge is 0.391 e. The SMILES string of the molecule is O=[N+]([O-])c1cc(S(=O)(=O)N2CCCC2)ccc1N1CCC[C@@H](O)C1. The number of aliphatic hydroxyl groups is 1. The lowest BCUT2D eigenvalue weighted by atomic mass is 10.1. The van der Waals surface area contributed by atoms with Crippen LogP contribution in [0.15, 0.2) is 23.1 Å². The summed E-state index contributed by atoms with van der Waals surface area (Å²) >= 11 is 0. The standard InChI is InChI=1S/C15H21N3O5S/c19-12-4-3-7-16(11-12)14-6-5-13(10-15(14)18(20)21)24(22,23)17-8-1-2-9-17/h5-6,10,12,19H,1-4,7-9,11H2/t12-/m1/s1. The molecule has 2 saturated heterocycles. The van der Waals surface area contributed by atoms with Crippen LogP contribution in [0.3, 0.4) is 0 Å². The highest BCUT2D eigenvalue weighted by atomic mass is 32.2. The summed E-state index contributed by atoms with van der Waals surface area (Å²) in [5.41, 5.74) is 0.128. The van der Waals surface area contributed by atoms with Crippen molar-refractivity contribution in [3.05, 3.63) is 28.3 Å². The fourth-order valence-corrected chi connectivity index (χ4v) is 4.87. The quantitative estimate of drug-likeness (QED) is 0.646.